The number of phenolic OH excluding ortho intramolecular Hbond substituents is 1. The molecule has 2 aromatic carbocycles. The predicted molar refractivity (Wildman–Crippen MR) is 83.2 cm³/mol. The Morgan fingerprint density at radius 1 is 0.857 bits per heavy atom. The van der Waals surface area contributed by atoms with Gasteiger partial charge in [0.15, 0.2) is 0 Å². The van der Waals surface area contributed by atoms with E-state index in [0.29, 0.717) is 24.3 Å². The van der Waals surface area contributed by atoms with Gasteiger partial charge in [-0.1, -0.05) is 18.2 Å². The van der Waals surface area contributed by atoms with Crippen LogP contribution in [0.2, 0.25) is 0 Å². The maximum Gasteiger partial charge on any atom is 0.126 e. The van der Waals surface area contributed by atoms with Crippen LogP contribution in [0.5, 0.6) is 5.75 Å². The molecule has 112 valence electrons. The molecule has 0 aromatic heterocycles. The molecular formula is C16H20N2O3. The highest BCUT2D eigenvalue weighted by atomic mass is 16.5. The molecule has 2 aromatic rings. The standard InChI is InChI=1S/C16H20N2O3/c1-20-10-12-8-15(9-13(11-21-2)16(12)19)18-17-14-6-4-3-5-7-14/h3-9,17-19H,10-11H2,1-2H3. The van der Waals surface area contributed by atoms with Crippen LogP contribution in [0.4, 0.5) is 11.4 Å². The van der Waals surface area contributed by atoms with E-state index in [4.69, 9.17) is 9.47 Å². The second-order valence-electron chi connectivity index (χ2n) is 4.63. The van der Waals surface area contributed by atoms with E-state index in [1.807, 2.05) is 42.5 Å². The average Bonchev–Trinajstić information content (AvgIpc) is 2.51. The maximum absolute atomic E-state index is 10.2. The Balaban J connectivity index is 2.18. The summed E-state index contributed by atoms with van der Waals surface area (Å²) in [6, 6.07) is 13.5. The van der Waals surface area contributed by atoms with Gasteiger partial charge in [0.05, 0.1) is 24.6 Å². The number of para-hydroxylation sites is 1. The number of anilines is 2. The van der Waals surface area contributed by atoms with Crippen molar-refractivity contribution >= 4 is 11.4 Å². The second-order valence-corrected chi connectivity index (χ2v) is 4.63. The molecule has 0 unspecified atom stereocenters. The number of phenols is 1. The molecule has 0 aliphatic rings. The topological polar surface area (TPSA) is 62.8 Å². The van der Waals surface area contributed by atoms with E-state index in [1.54, 1.807) is 14.2 Å². The summed E-state index contributed by atoms with van der Waals surface area (Å²) in [5.74, 6) is 0.212. The molecule has 5 nitrogen and oxygen atoms in total. The molecule has 0 saturated carbocycles. The number of nitrogens with one attached hydrogen (secondary N) is 2. The molecule has 21 heavy (non-hydrogen) atoms. The molecule has 0 spiro atoms. The number of aromatic hydroxyl groups is 1. The summed E-state index contributed by atoms with van der Waals surface area (Å²) >= 11 is 0. The largest absolute Gasteiger partial charge is 0.507 e. The van der Waals surface area contributed by atoms with Gasteiger partial charge in [-0.2, -0.15) is 0 Å². The highest BCUT2D eigenvalue weighted by Gasteiger charge is 2.10. The summed E-state index contributed by atoms with van der Waals surface area (Å²) in [5.41, 5.74) is 9.42. The van der Waals surface area contributed by atoms with E-state index in [0.717, 1.165) is 11.4 Å². The summed E-state index contributed by atoms with van der Waals surface area (Å²) in [7, 11) is 3.19. The average molecular weight is 288 g/mol. The molecule has 0 aliphatic heterocycles. The van der Waals surface area contributed by atoms with Gasteiger partial charge < -0.3 is 25.4 Å². The Labute approximate surface area is 124 Å². The van der Waals surface area contributed by atoms with E-state index < -0.39 is 0 Å². The molecule has 3 N–H and O–H groups in total. The minimum Gasteiger partial charge on any atom is -0.507 e. The van der Waals surface area contributed by atoms with Crippen LogP contribution in [0.1, 0.15) is 11.1 Å². The van der Waals surface area contributed by atoms with E-state index in [-0.39, 0.29) is 5.75 Å². The second kappa shape index (κ2) is 7.52. The van der Waals surface area contributed by atoms with Crippen LogP contribution in [0, 0.1) is 0 Å². The zero-order valence-corrected chi connectivity index (χ0v) is 12.2. The fourth-order valence-electron chi connectivity index (χ4n) is 2.03. The first-order valence-electron chi connectivity index (χ1n) is 6.64. The summed E-state index contributed by atoms with van der Waals surface area (Å²) in [6.07, 6.45) is 0. The Kier molecular flexibility index (Phi) is 5.43. The molecule has 0 fully saturated rings. The van der Waals surface area contributed by atoms with Gasteiger partial charge >= 0.3 is 0 Å². The van der Waals surface area contributed by atoms with Crippen molar-refractivity contribution in [2.45, 2.75) is 13.2 Å². The fraction of sp³-hybridized carbons (Fsp3) is 0.250. The first-order valence-corrected chi connectivity index (χ1v) is 6.64. The van der Waals surface area contributed by atoms with Gasteiger partial charge in [-0.3, -0.25) is 0 Å². The third kappa shape index (κ3) is 4.11. The minimum atomic E-state index is 0.212. The fourth-order valence-corrected chi connectivity index (χ4v) is 2.03. The molecular weight excluding hydrogens is 268 g/mol. The molecule has 5 heteroatoms. The number of methoxy groups -OCH3 is 2. The van der Waals surface area contributed by atoms with Crippen molar-refractivity contribution in [1.82, 2.24) is 0 Å². The lowest BCUT2D eigenvalue weighted by molar-refractivity contribution is 0.174. The van der Waals surface area contributed by atoms with E-state index in [1.165, 1.54) is 0 Å². The van der Waals surface area contributed by atoms with Gasteiger partial charge in [0.2, 0.25) is 0 Å². The van der Waals surface area contributed by atoms with E-state index in [9.17, 15) is 5.11 Å². The number of hydrogen-bond donors (Lipinski definition) is 3. The first-order chi connectivity index (χ1) is 10.2. The third-order valence-electron chi connectivity index (χ3n) is 2.99. The lowest BCUT2D eigenvalue weighted by Crippen LogP contribution is -2.09. The van der Waals surface area contributed by atoms with E-state index >= 15 is 0 Å². The van der Waals surface area contributed by atoms with Crippen LogP contribution in [0.15, 0.2) is 42.5 Å². The first kappa shape index (κ1) is 15.2. The lowest BCUT2D eigenvalue weighted by atomic mass is 10.1. The summed E-state index contributed by atoms with van der Waals surface area (Å²) in [6.45, 7) is 0.673. The van der Waals surface area contributed by atoms with Crippen molar-refractivity contribution in [3.63, 3.8) is 0 Å². The maximum atomic E-state index is 10.2. The summed E-state index contributed by atoms with van der Waals surface area (Å²) in [5, 5.41) is 10.2. The number of benzene rings is 2. The van der Waals surface area contributed by atoms with Gasteiger partial charge in [0.25, 0.3) is 0 Å². The highest BCUT2D eigenvalue weighted by molar-refractivity contribution is 5.58. The molecule has 0 atom stereocenters. The molecule has 0 heterocycles. The molecule has 0 amide bonds. The van der Waals surface area contributed by atoms with Crippen molar-refractivity contribution in [2.75, 3.05) is 25.1 Å². The van der Waals surface area contributed by atoms with E-state index in [2.05, 4.69) is 10.9 Å². The molecule has 0 radical (unpaired) electrons. The van der Waals surface area contributed by atoms with Crippen molar-refractivity contribution in [3.05, 3.63) is 53.6 Å². The number of hydrogen-bond acceptors (Lipinski definition) is 5. The van der Waals surface area contributed by atoms with Gasteiger partial charge in [0, 0.05) is 25.3 Å². The van der Waals surface area contributed by atoms with Crippen LogP contribution < -0.4 is 10.9 Å². The SMILES string of the molecule is COCc1cc(NNc2ccccc2)cc(COC)c1O. The molecule has 0 aliphatic carbocycles. The van der Waals surface area contributed by atoms with Gasteiger partial charge in [-0.05, 0) is 24.3 Å². The predicted octanol–water partition coefficient (Wildman–Crippen LogP) is 3.12. The van der Waals surface area contributed by atoms with Crippen LogP contribution in [0.3, 0.4) is 0 Å². The number of ether oxygens (including phenoxy) is 2. The van der Waals surface area contributed by atoms with Crippen LogP contribution in [0.25, 0.3) is 0 Å². The monoisotopic (exact) mass is 288 g/mol. The Morgan fingerprint density at radius 3 is 1.90 bits per heavy atom. The Morgan fingerprint density at radius 2 is 1.38 bits per heavy atom. The molecule has 0 saturated heterocycles. The van der Waals surface area contributed by atoms with Gasteiger partial charge in [0.1, 0.15) is 5.75 Å². The molecule has 2 rings (SSSR count). The Hall–Kier alpha value is -2.24. The smallest absolute Gasteiger partial charge is 0.126 e. The molecule has 0 bridgehead atoms. The van der Waals surface area contributed by atoms with Crippen LogP contribution in [-0.2, 0) is 22.7 Å². The van der Waals surface area contributed by atoms with Gasteiger partial charge in [-0.25, -0.2) is 0 Å². The quantitative estimate of drug-likeness (QED) is 0.540. The van der Waals surface area contributed by atoms with Crippen molar-refractivity contribution in [1.29, 1.82) is 0 Å². The van der Waals surface area contributed by atoms with Crippen LogP contribution in [-0.4, -0.2) is 19.3 Å². The minimum absolute atomic E-state index is 0.212. The normalized spacial score (nSPS) is 10.4. The summed E-state index contributed by atoms with van der Waals surface area (Å²) < 4.78 is 10.2. The van der Waals surface area contributed by atoms with Crippen molar-refractivity contribution in [2.24, 2.45) is 0 Å². The lowest BCUT2D eigenvalue weighted by Gasteiger charge is -2.15. The van der Waals surface area contributed by atoms with Crippen molar-refractivity contribution in [3.8, 4) is 5.75 Å². The third-order valence-corrected chi connectivity index (χ3v) is 2.99. The summed E-state index contributed by atoms with van der Waals surface area (Å²) in [4.78, 5) is 0. The highest BCUT2D eigenvalue weighted by Crippen LogP contribution is 2.28. The van der Waals surface area contributed by atoms with Gasteiger partial charge in [-0.15, -0.1) is 0 Å². The zero-order valence-electron chi connectivity index (χ0n) is 12.2. The van der Waals surface area contributed by atoms with Crippen molar-refractivity contribution < 1.29 is 14.6 Å². The van der Waals surface area contributed by atoms with Crippen LogP contribution >= 0.6 is 0 Å². The number of rotatable bonds is 7. The zero-order chi connectivity index (χ0) is 15.1. The Bertz CT molecular complexity index is 546. The number of hydrazine groups is 1.